The minimum absolute atomic E-state index is 0.158. The maximum absolute atomic E-state index is 8.50. The Morgan fingerprint density at radius 3 is 2.65 bits per heavy atom. The topological polar surface area (TPSA) is 89.1 Å². The predicted octanol–water partition coefficient (Wildman–Crippen LogP) is 1.36. The maximum atomic E-state index is 8.50. The minimum atomic E-state index is 0.158. The first-order chi connectivity index (χ1) is 9.60. The molecular weight excluding hydrogens is 258 g/mol. The Morgan fingerprint density at radius 2 is 2.05 bits per heavy atom. The monoisotopic (exact) mass is 281 g/mol. The molecule has 6 heteroatoms. The molecule has 1 unspecified atom stereocenters. The molecule has 112 valence electrons. The van der Waals surface area contributed by atoms with E-state index >= 15 is 0 Å². The zero-order valence-corrected chi connectivity index (χ0v) is 12.2. The lowest BCUT2D eigenvalue weighted by atomic mass is 10.1. The van der Waals surface area contributed by atoms with E-state index in [-0.39, 0.29) is 11.9 Å². The van der Waals surface area contributed by atoms with Crippen molar-refractivity contribution in [1.29, 1.82) is 0 Å². The van der Waals surface area contributed by atoms with Gasteiger partial charge in [-0.15, -0.1) is 0 Å². The molecule has 0 saturated carbocycles. The zero-order chi connectivity index (χ0) is 15.0. The lowest BCUT2D eigenvalue weighted by molar-refractivity contribution is 0.316. The first-order valence-corrected chi connectivity index (χ1v) is 6.51. The van der Waals surface area contributed by atoms with Gasteiger partial charge in [-0.2, -0.15) is 0 Å². The molecule has 0 amide bonds. The first-order valence-electron chi connectivity index (χ1n) is 6.51. The Morgan fingerprint density at radius 1 is 1.35 bits per heavy atom. The molecule has 0 fully saturated rings. The van der Waals surface area contributed by atoms with Crippen LogP contribution in [-0.2, 0) is 6.42 Å². The molecule has 0 radical (unpaired) electrons. The zero-order valence-electron chi connectivity index (χ0n) is 12.2. The van der Waals surface area contributed by atoms with Gasteiger partial charge in [-0.05, 0) is 37.6 Å². The number of hydrogen-bond donors (Lipinski definition) is 3. The van der Waals surface area contributed by atoms with Crippen molar-refractivity contribution in [3.8, 4) is 11.5 Å². The van der Waals surface area contributed by atoms with Gasteiger partial charge >= 0.3 is 0 Å². The molecule has 1 aromatic rings. The van der Waals surface area contributed by atoms with Crippen molar-refractivity contribution in [1.82, 2.24) is 5.32 Å². The third-order valence-corrected chi connectivity index (χ3v) is 3.00. The maximum Gasteiger partial charge on any atom is 0.160 e. The molecule has 1 aromatic carbocycles. The van der Waals surface area contributed by atoms with Crippen LogP contribution in [0.15, 0.2) is 23.4 Å². The SMILES string of the molecule is COc1ccc(CCNC(C)CC(N)=NO)cc1OC. The largest absolute Gasteiger partial charge is 0.493 e. The van der Waals surface area contributed by atoms with Crippen LogP contribution in [0.25, 0.3) is 0 Å². The van der Waals surface area contributed by atoms with Gasteiger partial charge in [0.05, 0.1) is 14.2 Å². The van der Waals surface area contributed by atoms with Gasteiger partial charge in [-0.25, -0.2) is 0 Å². The summed E-state index contributed by atoms with van der Waals surface area (Å²) in [5.74, 6) is 1.69. The molecule has 20 heavy (non-hydrogen) atoms. The molecule has 0 aliphatic heterocycles. The second-order valence-corrected chi connectivity index (χ2v) is 4.59. The Kier molecular flexibility index (Phi) is 6.66. The number of benzene rings is 1. The summed E-state index contributed by atoms with van der Waals surface area (Å²) >= 11 is 0. The van der Waals surface area contributed by atoms with Crippen molar-refractivity contribution in [3.63, 3.8) is 0 Å². The molecule has 0 heterocycles. The van der Waals surface area contributed by atoms with Crippen LogP contribution in [0.1, 0.15) is 18.9 Å². The highest BCUT2D eigenvalue weighted by Crippen LogP contribution is 2.27. The van der Waals surface area contributed by atoms with Crippen molar-refractivity contribution < 1.29 is 14.7 Å². The normalized spacial score (nSPS) is 13.1. The van der Waals surface area contributed by atoms with Crippen LogP contribution >= 0.6 is 0 Å². The summed E-state index contributed by atoms with van der Waals surface area (Å²) in [6, 6.07) is 6.03. The smallest absolute Gasteiger partial charge is 0.160 e. The van der Waals surface area contributed by atoms with Gasteiger partial charge in [0.1, 0.15) is 5.84 Å². The Labute approximate surface area is 119 Å². The van der Waals surface area contributed by atoms with Gasteiger partial charge < -0.3 is 25.7 Å². The van der Waals surface area contributed by atoms with Gasteiger partial charge in [0.25, 0.3) is 0 Å². The standard InChI is InChI=1S/C14H23N3O3/c1-10(8-14(15)17-18)16-7-6-11-4-5-12(19-2)13(9-11)20-3/h4-5,9-10,16,18H,6-8H2,1-3H3,(H2,15,17). The van der Waals surface area contributed by atoms with E-state index in [0.29, 0.717) is 6.42 Å². The lowest BCUT2D eigenvalue weighted by Gasteiger charge is -2.13. The number of oxime groups is 1. The summed E-state index contributed by atoms with van der Waals surface area (Å²) in [6.45, 7) is 2.79. The fourth-order valence-corrected chi connectivity index (χ4v) is 1.93. The van der Waals surface area contributed by atoms with Gasteiger partial charge in [-0.3, -0.25) is 0 Å². The number of rotatable bonds is 8. The highest BCUT2D eigenvalue weighted by Gasteiger charge is 2.06. The summed E-state index contributed by atoms with van der Waals surface area (Å²) in [6.07, 6.45) is 1.38. The molecule has 0 bridgehead atoms. The van der Waals surface area contributed by atoms with E-state index in [4.69, 9.17) is 20.4 Å². The molecule has 6 nitrogen and oxygen atoms in total. The number of nitrogens with one attached hydrogen (secondary N) is 1. The van der Waals surface area contributed by atoms with E-state index in [9.17, 15) is 0 Å². The van der Waals surface area contributed by atoms with Crippen molar-refractivity contribution in [2.75, 3.05) is 20.8 Å². The van der Waals surface area contributed by atoms with Crippen LogP contribution in [0.2, 0.25) is 0 Å². The fourth-order valence-electron chi connectivity index (χ4n) is 1.93. The number of amidine groups is 1. The average Bonchev–Trinajstić information content (AvgIpc) is 2.46. The molecule has 0 spiro atoms. The Hall–Kier alpha value is -1.95. The van der Waals surface area contributed by atoms with Crippen LogP contribution in [-0.4, -0.2) is 37.8 Å². The van der Waals surface area contributed by atoms with Crippen molar-refractivity contribution >= 4 is 5.84 Å². The fraction of sp³-hybridized carbons (Fsp3) is 0.500. The minimum Gasteiger partial charge on any atom is -0.493 e. The van der Waals surface area contributed by atoms with Crippen LogP contribution in [0.5, 0.6) is 11.5 Å². The van der Waals surface area contributed by atoms with E-state index in [1.165, 1.54) is 0 Å². The third kappa shape index (κ3) is 4.97. The number of ether oxygens (including phenoxy) is 2. The molecule has 0 aliphatic carbocycles. The lowest BCUT2D eigenvalue weighted by Crippen LogP contribution is -2.32. The van der Waals surface area contributed by atoms with E-state index in [2.05, 4.69) is 10.5 Å². The highest BCUT2D eigenvalue weighted by atomic mass is 16.5. The summed E-state index contributed by atoms with van der Waals surface area (Å²) in [5.41, 5.74) is 6.61. The quantitative estimate of drug-likeness (QED) is 0.290. The van der Waals surface area contributed by atoms with Crippen LogP contribution in [0.4, 0.5) is 0 Å². The van der Waals surface area contributed by atoms with E-state index in [0.717, 1.165) is 30.0 Å². The molecule has 0 saturated heterocycles. The second kappa shape index (κ2) is 8.27. The van der Waals surface area contributed by atoms with Crippen molar-refractivity contribution in [3.05, 3.63) is 23.8 Å². The third-order valence-electron chi connectivity index (χ3n) is 3.00. The van der Waals surface area contributed by atoms with Crippen LogP contribution in [0, 0.1) is 0 Å². The van der Waals surface area contributed by atoms with Gasteiger partial charge in [0.15, 0.2) is 11.5 Å². The number of hydrogen-bond acceptors (Lipinski definition) is 5. The van der Waals surface area contributed by atoms with Crippen LogP contribution in [0.3, 0.4) is 0 Å². The van der Waals surface area contributed by atoms with E-state index < -0.39 is 0 Å². The first kappa shape index (κ1) is 16.1. The van der Waals surface area contributed by atoms with Gasteiger partial charge in [-0.1, -0.05) is 11.2 Å². The molecular formula is C14H23N3O3. The summed E-state index contributed by atoms with van der Waals surface area (Å²) < 4.78 is 10.5. The Bertz CT molecular complexity index is 449. The van der Waals surface area contributed by atoms with Gasteiger partial charge in [0, 0.05) is 12.5 Å². The van der Waals surface area contributed by atoms with Crippen LogP contribution < -0.4 is 20.5 Å². The summed E-state index contributed by atoms with van der Waals surface area (Å²) in [7, 11) is 3.24. The highest BCUT2D eigenvalue weighted by molar-refractivity contribution is 5.80. The van der Waals surface area contributed by atoms with E-state index in [1.807, 2.05) is 25.1 Å². The van der Waals surface area contributed by atoms with Gasteiger partial charge in [0.2, 0.25) is 0 Å². The number of nitrogens with two attached hydrogens (primary N) is 1. The van der Waals surface area contributed by atoms with E-state index in [1.54, 1.807) is 14.2 Å². The molecule has 1 atom stereocenters. The number of nitrogens with zero attached hydrogens (tertiary/aromatic N) is 1. The summed E-state index contributed by atoms with van der Waals surface area (Å²) in [5, 5.41) is 14.8. The predicted molar refractivity (Wildman–Crippen MR) is 78.7 cm³/mol. The molecule has 0 aliphatic rings. The second-order valence-electron chi connectivity index (χ2n) is 4.59. The van der Waals surface area contributed by atoms with Crippen molar-refractivity contribution in [2.24, 2.45) is 10.9 Å². The number of methoxy groups -OCH3 is 2. The molecule has 1 rings (SSSR count). The average molecular weight is 281 g/mol. The molecule has 0 aromatic heterocycles. The molecule has 4 N–H and O–H groups in total. The Balaban J connectivity index is 2.46. The summed E-state index contributed by atoms with van der Waals surface area (Å²) in [4.78, 5) is 0. The van der Waals surface area contributed by atoms with Crippen molar-refractivity contribution in [2.45, 2.75) is 25.8 Å².